The van der Waals surface area contributed by atoms with Gasteiger partial charge in [0.15, 0.2) is 11.5 Å². The Kier molecular flexibility index (Phi) is 5.90. The van der Waals surface area contributed by atoms with Gasteiger partial charge in [-0.1, -0.05) is 6.08 Å². The molecule has 0 radical (unpaired) electrons. The monoisotopic (exact) mass is 492 g/mol. The number of thiophene rings is 1. The van der Waals surface area contributed by atoms with Gasteiger partial charge in [-0.3, -0.25) is 13.8 Å². The number of imidazole rings is 1. The minimum absolute atomic E-state index is 0.767. The Morgan fingerprint density at radius 2 is 2.18 bits per heavy atom. The Labute approximate surface area is 207 Å². The van der Waals surface area contributed by atoms with Gasteiger partial charge in [-0.05, 0) is 67.8 Å². The molecule has 0 bridgehead atoms. The Balaban J connectivity index is 1.36. The molecule has 0 atom stereocenters. The number of hydrogen-bond acceptors (Lipinski definition) is 8. The van der Waals surface area contributed by atoms with E-state index in [-0.39, 0.29) is 0 Å². The number of anilines is 2. The van der Waals surface area contributed by atoms with Crippen molar-refractivity contribution in [3.63, 3.8) is 0 Å². The molecule has 0 saturated heterocycles. The van der Waals surface area contributed by atoms with Crippen molar-refractivity contribution in [2.24, 2.45) is 13.0 Å². The molecule has 0 spiro atoms. The fraction of sp³-hybridized carbons (Fsp3) is 0.375. The van der Waals surface area contributed by atoms with Crippen LogP contribution in [-0.4, -0.2) is 43.8 Å². The van der Waals surface area contributed by atoms with Crippen molar-refractivity contribution in [3.8, 4) is 11.3 Å². The summed E-state index contributed by atoms with van der Waals surface area (Å²) in [6, 6.07) is 2.20. The first kappa shape index (κ1) is 21.8. The predicted octanol–water partition coefficient (Wildman–Crippen LogP) is 4.63. The number of hydrogen-bond donors (Lipinski definition) is 3. The second-order valence-electron chi connectivity index (χ2n) is 9.01. The van der Waals surface area contributed by atoms with E-state index in [0.29, 0.717) is 0 Å². The van der Waals surface area contributed by atoms with Crippen LogP contribution < -0.4 is 15.4 Å². The Morgan fingerprint density at radius 3 is 2.94 bits per heavy atom. The maximum absolute atomic E-state index is 5.03. The fourth-order valence-electron chi connectivity index (χ4n) is 4.12. The van der Waals surface area contributed by atoms with E-state index in [1.165, 1.54) is 28.2 Å². The summed E-state index contributed by atoms with van der Waals surface area (Å²) in [5, 5.41) is 12.5. The highest BCUT2D eigenvalue weighted by Gasteiger charge is 2.21. The maximum Gasteiger partial charge on any atom is 0.181 e. The lowest BCUT2D eigenvalue weighted by Crippen LogP contribution is -2.22. The molecule has 6 rings (SSSR count). The van der Waals surface area contributed by atoms with E-state index < -0.39 is 0 Å². The second kappa shape index (κ2) is 9.18. The molecule has 8 nitrogen and oxygen atoms in total. The zero-order valence-corrected chi connectivity index (χ0v) is 21.0. The molecule has 4 aromatic heterocycles. The minimum atomic E-state index is 0.767. The zero-order chi connectivity index (χ0) is 23.1. The van der Waals surface area contributed by atoms with Crippen LogP contribution in [0.2, 0.25) is 0 Å². The third kappa shape index (κ3) is 4.50. The summed E-state index contributed by atoms with van der Waals surface area (Å²) >= 11 is 3.50. The molecule has 5 heterocycles. The first-order chi connectivity index (χ1) is 16.6. The average molecular weight is 493 g/mol. The summed E-state index contributed by atoms with van der Waals surface area (Å²) in [7, 11) is 1.93. The van der Waals surface area contributed by atoms with Gasteiger partial charge in [0.05, 0.1) is 33.0 Å². The summed E-state index contributed by atoms with van der Waals surface area (Å²) in [5.41, 5.74) is 6.28. The molecule has 0 aromatic carbocycles. The van der Waals surface area contributed by atoms with Crippen LogP contribution in [0.3, 0.4) is 0 Å². The number of nitrogens with zero attached hydrogens (tertiary/aromatic N) is 5. The van der Waals surface area contributed by atoms with Crippen LogP contribution >= 0.6 is 23.3 Å². The topological polar surface area (TPSA) is 84.1 Å². The van der Waals surface area contributed by atoms with Crippen LogP contribution in [0.1, 0.15) is 30.5 Å². The second-order valence-corrected chi connectivity index (χ2v) is 11.2. The maximum atomic E-state index is 5.03. The first-order valence-corrected chi connectivity index (χ1v) is 13.3. The molecule has 0 unspecified atom stereocenters. The van der Waals surface area contributed by atoms with Crippen LogP contribution in [0.15, 0.2) is 41.1 Å². The van der Waals surface area contributed by atoms with Gasteiger partial charge in [-0.25, -0.2) is 9.97 Å². The van der Waals surface area contributed by atoms with E-state index in [0.717, 1.165) is 65.4 Å². The number of nitrogens with one attached hydrogen (secondary N) is 3. The Morgan fingerprint density at radius 1 is 1.26 bits per heavy atom. The lowest BCUT2D eigenvalue weighted by Gasteiger charge is -2.16. The van der Waals surface area contributed by atoms with Gasteiger partial charge in [0.2, 0.25) is 0 Å². The van der Waals surface area contributed by atoms with Crippen molar-refractivity contribution >= 4 is 45.3 Å². The van der Waals surface area contributed by atoms with Crippen LogP contribution in [0.4, 0.5) is 10.8 Å². The molecule has 176 valence electrons. The van der Waals surface area contributed by atoms with Crippen LogP contribution in [0, 0.1) is 12.8 Å². The van der Waals surface area contributed by atoms with E-state index >= 15 is 0 Å². The molecule has 1 fully saturated rings. The van der Waals surface area contributed by atoms with Crippen LogP contribution in [0.25, 0.3) is 22.5 Å². The smallest absolute Gasteiger partial charge is 0.181 e. The van der Waals surface area contributed by atoms with Crippen molar-refractivity contribution in [2.75, 3.05) is 25.0 Å². The molecule has 1 aliphatic heterocycles. The molecule has 1 aliphatic carbocycles. The van der Waals surface area contributed by atoms with Crippen molar-refractivity contribution in [1.82, 2.24) is 34.2 Å². The summed E-state index contributed by atoms with van der Waals surface area (Å²) < 4.78 is 8.76. The van der Waals surface area contributed by atoms with E-state index in [4.69, 9.17) is 9.97 Å². The molecule has 3 N–H and O–H groups in total. The van der Waals surface area contributed by atoms with Gasteiger partial charge >= 0.3 is 0 Å². The number of aromatic nitrogens is 5. The van der Waals surface area contributed by atoms with E-state index in [2.05, 4.69) is 50.1 Å². The zero-order valence-electron chi connectivity index (χ0n) is 19.3. The highest BCUT2D eigenvalue weighted by molar-refractivity contribution is 7.99. The summed E-state index contributed by atoms with van der Waals surface area (Å²) in [4.78, 5) is 9.77. The molecule has 4 aromatic rings. The third-order valence-electron chi connectivity index (χ3n) is 6.20. The van der Waals surface area contributed by atoms with Crippen molar-refractivity contribution < 1.29 is 0 Å². The highest BCUT2D eigenvalue weighted by Crippen LogP contribution is 2.37. The summed E-state index contributed by atoms with van der Waals surface area (Å²) in [6.45, 7) is 5.08. The Bertz CT molecular complexity index is 1360. The van der Waals surface area contributed by atoms with Crippen LogP contribution in [0.5, 0.6) is 0 Å². The van der Waals surface area contributed by atoms with E-state index in [1.807, 2.05) is 30.3 Å². The van der Waals surface area contributed by atoms with Crippen LogP contribution in [-0.2, 0) is 7.05 Å². The summed E-state index contributed by atoms with van der Waals surface area (Å²) in [6.07, 6.45) is 13.9. The molecular weight excluding hydrogens is 464 g/mol. The predicted molar refractivity (Wildman–Crippen MR) is 140 cm³/mol. The summed E-state index contributed by atoms with van der Waals surface area (Å²) in [5.74, 6) is 1.63. The normalized spacial score (nSPS) is 16.2. The lowest BCUT2D eigenvalue weighted by molar-refractivity contribution is 0.737. The van der Waals surface area contributed by atoms with Gasteiger partial charge in [-0.15, -0.1) is 11.3 Å². The SMILES string of the molecule is Cc1cc(Nc2nc(C3=CCCNC3)cn3c(-c4cnn(C)c4)cnc23)sc1SNCC1CC1. The van der Waals surface area contributed by atoms with Crippen molar-refractivity contribution in [3.05, 3.63) is 48.2 Å². The van der Waals surface area contributed by atoms with E-state index in [1.54, 1.807) is 23.3 Å². The highest BCUT2D eigenvalue weighted by atomic mass is 32.2. The van der Waals surface area contributed by atoms with E-state index in [9.17, 15) is 0 Å². The average Bonchev–Trinajstić information content (AvgIpc) is 3.23. The molecular formula is C24H28N8S2. The third-order valence-corrected chi connectivity index (χ3v) is 8.46. The number of aryl methyl sites for hydroxylation is 2. The van der Waals surface area contributed by atoms with Gasteiger partial charge in [0.25, 0.3) is 0 Å². The minimum Gasteiger partial charge on any atom is -0.329 e. The fourth-order valence-corrected chi connectivity index (χ4v) is 6.21. The molecule has 2 aliphatic rings. The number of rotatable bonds is 8. The van der Waals surface area contributed by atoms with Gasteiger partial charge < -0.3 is 10.6 Å². The molecule has 0 amide bonds. The van der Waals surface area contributed by atoms with Crippen molar-refractivity contribution in [2.45, 2.75) is 30.4 Å². The quantitative estimate of drug-likeness (QED) is 0.309. The van der Waals surface area contributed by atoms with Gasteiger partial charge in [0.1, 0.15) is 0 Å². The standard InChI is InChI=1S/C24H28N8S2/c1-15-8-21(33-24(15)34-28-9-16-5-6-16)30-22-23-26-12-20(18-11-27-31(2)13-18)32(23)14-19(29-22)17-4-3-7-25-10-17/h4,8,11-14,16,25,28H,3,5-7,9-10H2,1-2H3,(H,29,30). The largest absolute Gasteiger partial charge is 0.329 e. The number of fused-ring (bicyclic) bond motifs is 1. The van der Waals surface area contributed by atoms with Gasteiger partial charge in [-0.2, -0.15) is 5.10 Å². The van der Waals surface area contributed by atoms with Gasteiger partial charge in [0, 0.05) is 38.1 Å². The lowest BCUT2D eigenvalue weighted by atomic mass is 10.1. The molecule has 34 heavy (non-hydrogen) atoms. The Hall–Kier alpha value is -2.66. The molecule has 10 heteroatoms. The van der Waals surface area contributed by atoms with Crippen molar-refractivity contribution in [1.29, 1.82) is 0 Å². The molecule has 1 saturated carbocycles. The first-order valence-electron chi connectivity index (χ1n) is 11.7.